The average Bonchev–Trinajstić information content (AvgIpc) is 2.75. The SMILES string of the molecule is CC1CCC(O)(C(=O)Cc2ccco2)CC1. The quantitative estimate of drug-likeness (QED) is 0.854. The van der Waals surface area contributed by atoms with Crippen LogP contribution in [-0.4, -0.2) is 16.5 Å². The van der Waals surface area contributed by atoms with Crippen molar-refractivity contribution in [1.82, 2.24) is 0 Å². The summed E-state index contributed by atoms with van der Waals surface area (Å²) in [5.74, 6) is 1.16. The summed E-state index contributed by atoms with van der Waals surface area (Å²) < 4.78 is 5.13. The zero-order valence-corrected chi connectivity index (χ0v) is 9.61. The van der Waals surface area contributed by atoms with E-state index in [1.165, 1.54) is 0 Å². The van der Waals surface area contributed by atoms with Gasteiger partial charge in [-0.15, -0.1) is 0 Å². The van der Waals surface area contributed by atoms with Crippen molar-refractivity contribution in [3.63, 3.8) is 0 Å². The van der Waals surface area contributed by atoms with Gasteiger partial charge >= 0.3 is 0 Å². The maximum atomic E-state index is 12.0. The van der Waals surface area contributed by atoms with Gasteiger partial charge in [-0.25, -0.2) is 0 Å². The predicted octanol–water partition coefficient (Wildman–Crippen LogP) is 2.33. The van der Waals surface area contributed by atoms with Crippen molar-refractivity contribution < 1.29 is 14.3 Å². The molecule has 1 aliphatic rings. The number of rotatable bonds is 3. The molecule has 1 fully saturated rings. The molecule has 88 valence electrons. The first-order valence-electron chi connectivity index (χ1n) is 5.88. The van der Waals surface area contributed by atoms with Gasteiger partial charge in [0.1, 0.15) is 11.4 Å². The minimum Gasteiger partial charge on any atom is -0.469 e. The van der Waals surface area contributed by atoms with Crippen molar-refractivity contribution >= 4 is 5.78 Å². The minimum atomic E-state index is -1.11. The van der Waals surface area contributed by atoms with Gasteiger partial charge in [-0.1, -0.05) is 6.92 Å². The summed E-state index contributed by atoms with van der Waals surface area (Å²) in [6, 6.07) is 3.53. The normalized spacial score (nSPS) is 30.2. The van der Waals surface area contributed by atoms with E-state index in [2.05, 4.69) is 6.92 Å². The largest absolute Gasteiger partial charge is 0.469 e. The number of ketones is 1. The molecule has 1 aromatic rings. The highest BCUT2D eigenvalue weighted by Gasteiger charge is 2.38. The van der Waals surface area contributed by atoms with Gasteiger partial charge in [0.05, 0.1) is 12.7 Å². The molecule has 3 nitrogen and oxygen atoms in total. The van der Waals surface area contributed by atoms with Crippen molar-refractivity contribution in [3.05, 3.63) is 24.2 Å². The number of hydrogen-bond acceptors (Lipinski definition) is 3. The van der Waals surface area contributed by atoms with Gasteiger partial charge < -0.3 is 9.52 Å². The summed E-state index contributed by atoms with van der Waals surface area (Å²) in [5, 5.41) is 10.3. The van der Waals surface area contributed by atoms with Crippen molar-refractivity contribution in [2.75, 3.05) is 0 Å². The van der Waals surface area contributed by atoms with E-state index >= 15 is 0 Å². The first kappa shape index (κ1) is 11.4. The highest BCUT2D eigenvalue weighted by Crippen LogP contribution is 2.33. The van der Waals surface area contributed by atoms with E-state index in [0.29, 0.717) is 24.5 Å². The van der Waals surface area contributed by atoms with E-state index < -0.39 is 5.60 Å². The Bertz CT molecular complexity index is 345. The average molecular weight is 222 g/mol. The molecule has 1 aromatic heterocycles. The third-order valence-corrected chi connectivity index (χ3v) is 3.54. The van der Waals surface area contributed by atoms with Crippen LogP contribution >= 0.6 is 0 Å². The number of aliphatic hydroxyl groups is 1. The van der Waals surface area contributed by atoms with Crippen LogP contribution in [0.1, 0.15) is 38.4 Å². The Labute approximate surface area is 95.5 Å². The summed E-state index contributed by atoms with van der Waals surface area (Å²) >= 11 is 0. The van der Waals surface area contributed by atoms with Crippen LogP contribution in [0.15, 0.2) is 22.8 Å². The van der Waals surface area contributed by atoms with Crippen LogP contribution in [0, 0.1) is 5.92 Å². The monoisotopic (exact) mass is 222 g/mol. The molecule has 16 heavy (non-hydrogen) atoms. The summed E-state index contributed by atoms with van der Waals surface area (Å²) in [6.07, 6.45) is 4.80. The highest BCUT2D eigenvalue weighted by molar-refractivity contribution is 5.88. The fourth-order valence-electron chi connectivity index (χ4n) is 2.25. The smallest absolute Gasteiger partial charge is 0.171 e. The molecule has 1 N–H and O–H groups in total. The molecule has 1 aliphatic carbocycles. The van der Waals surface area contributed by atoms with Crippen molar-refractivity contribution in [1.29, 1.82) is 0 Å². The number of Topliss-reactive ketones (excluding diaryl/α,β-unsaturated/α-hetero) is 1. The fourth-order valence-corrected chi connectivity index (χ4v) is 2.25. The van der Waals surface area contributed by atoms with Gasteiger partial charge in [0.15, 0.2) is 5.78 Å². The van der Waals surface area contributed by atoms with Crippen molar-refractivity contribution in [2.45, 2.75) is 44.6 Å². The fraction of sp³-hybridized carbons (Fsp3) is 0.615. The van der Waals surface area contributed by atoms with Crippen molar-refractivity contribution in [3.8, 4) is 0 Å². The lowest BCUT2D eigenvalue weighted by molar-refractivity contribution is -0.141. The van der Waals surface area contributed by atoms with Gasteiger partial charge in [0.2, 0.25) is 0 Å². The van der Waals surface area contributed by atoms with Gasteiger partial charge in [0, 0.05) is 0 Å². The molecule has 1 saturated carbocycles. The molecule has 0 amide bonds. The van der Waals surface area contributed by atoms with Crippen LogP contribution < -0.4 is 0 Å². The number of hydrogen-bond donors (Lipinski definition) is 1. The molecule has 1 heterocycles. The Hall–Kier alpha value is -1.09. The van der Waals surface area contributed by atoms with Gasteiger partial charge in [-0.2, -0.15) is 0 Å². The van der Waals surface area contributed by atoms with Gasteiger partial charge in [-0.3, -0.25) is 4.79 Å². The highest BCUT2D eigenvalue weighted by atomic mass is 16.3. The Morgan fingerprint density at radius 2 is 2.25 bits per heavy atom. The summed E-state index contributed by atoms with van der Waals surface area (Å²) in [7, 11) is 0. The Morgan fingerprint density at radius 3 is 2.81 bits per heavy atom. The van der Waals surface area contributed by atoms with Gasteiger partial charge in [0.25, 0.3) is 0 Å². The third-order valence-electron chi connectivity index (χ3n) is 3.54. The Morgan fingerprint density at radius 1 is 1.56 bits per heavy atom. The second kappa shape index (κ2) is 4.42. The van der Waals surface area contributed by atoms with E-state index in [4.69, 9.17) is 4.42 Å². The van der Waals surface area contributed by atoms with Gasteiger partial charge in [-0.05, 0) is 43.7 Å². The molecular formula is C13H18O3. The zero-order chi connectivity index (χ0) is 11.6. The van der Waals surface area contributed by atoms with E-state index in [1.54, 1.807) is 18.4 Å². The molecule has 0 radical (unpaired) electrons. The Kier molecular flexibility index (Phi) is 3.15. The van der Waals surface area contributed by atoms with Crippen LogP contribution in [0.25, 0.3) is 0 Å². The maximum absolute atomic E-state index is 12.0. The Balaban J connectivity index is 1.98. The van der Waals surface area contributed by atoms with Crippen LogP contribution in [0.4, 0.5) is 0 Å². The molecule has 3 heteroatoms. The first-order chi connectivity index (χ1) is 7.60. The number of carbonyl (C=O) groups is 1. The number of furan rings is 1. The van der Waals surface area contributed by atoms with Crippen LogP contribution in [0.3, 0.4) is 0 Å². The molecule has 0 unspecified atom stereocenters. The molecule has 0 aliphatic heterocycles. The van der Waals surface area contributed by atoms with E-state index in [-0.39, 0.29) is 12.2 Å². The lowest BCUT2D eigenvalue weighted by Crippen LogP contribution is -2.42. The maximum Gasteiger partial charge on any atom is 0.171 e. The van der Waals surface area contributed by atoms with E-state index in [9.17, 15) is 9.90 Å². The molecule has 0 aromatic carbocycles. The van der Waals surface area contributed by atoms with Crippen molar-refractivity contribution in [2.24, 2.45) is 5.92 Å². The summed E-state index contributed by atoms with van der Waals surface area (Å²) in [4.78, 5) is 12.0. The molecule has 0 spiro atoms. The third kappa shape index (κ3) is 2.35. The van der Waals surface area contributed by atoms with E-state index in [1.807, 2.05) is 0 Å². The molecule has 0 bridgehead atoms. The molecule has 0 atom stereocenters. The van der Waals surface area contributed by atoms with Crippen LogP contribution in [0.5, 0.6) is 0 Å². The lowest BCUT2D eigenvalue weighted by Gasteiger charge is -2.33. The second-order valence-electron chi connectivity index (χ2n) is 4.89. The van der Waals surface area contributed by atoms with E-state index in [0.717, 1.165) is 12.8 Å². The summed E-state index contributed by atoms with van der Waals surface area (Å²) in [6.45, 7) is 2.16. The second-order valence-corrected chi connectivity index (χ2v) is 4.89. The van der Waals surface area contributed by atoms with Crippen LogP contribution in [0.2, 0.25) is 0 Å². The number of carbonyl (C=O) groups excluding carboxylic acids is 1. The topological polar surface area (TPSA) is 50.4 Å². The standard InChI is InChI=1S/C13H18O3/c1-10-4-6-13(15,7-5-10)12(14)9-11-3-2-8-16-11/h2-3,8,10,15H,4-7,9H2,1H3. The first-order valence-corrected chi connectivity index (χ1v) is 5.88. The summed E-state index contributed by atoms with van der Waals surface area (Å²) in [5.41, 5.74) is -1.11. The molecule has 2 rings (SSSR count). The lowest BCUT2D eigenvalue weighted by atomic mass is 9.76. The molecule has 0 saturated heterocycles. The predicted molar refractivity (Wildman–Crippen MR) is 60.0 cm³/mol. The zero-order valence-electron chi connectivity index (χ0n) is 9.61. The minimum absolute atomic E-state index is 0.102. The van der Waals surface area contributed by atoms with Crippen LogP contribution in [-0.2, 0) is 11.2 Å². The molecular weight excluding hydrogens is 204 g/mol.